The molecule has 204 valence electrons. The van der Waals surface area contributed by atoms with Gasteiger partial charge < -0.3 is 39.4 Å². The smallest absolute Gasteiger partial charge is 0.161 e. The molecule has 4 N–H and O–H groups in total. The van der Waals surface area contributed by atoms with Crippen LogP contribution in [0.15, 0.2) is 66.7 Å². The number of halogens is 1. The topological polar surface area (TPSA) is 118 Å². The molecule has 0 amide bonds. The summed E-state index contributed by atoms with van der Waals surface area (Å²) < 4.78 is 22.8. The van der Waals surface area contributed by atoms with E-state index in [0.29, 0.717) is 54.1 Å². The highest BCUT2D eigenvalue weighted by atomic mass is 35.5. The van der Waals surface area contributed by atoms with Crippen molar-refractivity contribution in [3.63, 3.8) is 0 Å². The highest BCUT2D eigenvalue weighted by Gasteiger charge is 2.44. The number of hydrogen-bond acceptors (Lipinski definition) is 8. The minimum absolute atomic E-state index is 0.367. The molecule has 8 nitrogen and oxygen atoms in total. The Morgan fingerprint density at radius 3 is 2.18 bits per heavy atom. The van der Waals surface area contributed by atoms with Crippen LogP contribution in [0.1, 0.15) is 29.7 Å². The zero-order valence-electron chi connectivity index (χ0n) is 21.1. The van der Waals surface area contributed by atoms with E-state index < -0.39 is 37.1 Å². The van der Waals surface area contributed by atoms with Gasteiger partial charge in [-0.15, -0.1) is 0 Å². The maximum atomic E-state index is 10.5. The molecule has 1 aliphatic heterocycles. The van der Waals surface area contributed by atoms with Crippen molar-refractivity contribution in [1.29, 1.82) is 0 Å². The number of rotatable bonds is 11. The molecule has 0 radical (unpaired) electrons. The molecule has 0 aromatic heterocycles. The molecule has 3 aromatic rings. The van der Waals surface area contributed by atoms with Crippen molar-refractivity contribution in [1.82, 2.24) is 0 Å². The Morgan fingerprint density at radius 2 is 1.50 bits per heavy atom. The summed E-state index contributed by atoms with van der Waals surface area (Å²) in [4.78, 5) is 0. The minimum atomic E-state index is -1.44. The van der Waals surface area contributed by atoms with Gasteiger partial charge >= 0.3 is 0 Å². The van der Waals surface area contributed by atoms with Crippen molar-refractivity contribution in [2.45, 2.75) is 43.9 Å². The first kappa shape index (κ1) is 28.2. The molecule has 1 aliphatic rings. The molecule has 1 fully saturated rings. The maximum Gasteiger partial charge on any atom is 0.161 e. The van der Waals surface area contributed by atoms with Gasteiger partial charge in [-0.05, 0) is 60.4 Å². The van der Waals surface area contributed by atoms with E-state index in [0.717, 1.165) is 11.1 Å². The summed E-state index contributed by atoms with van der Waals surface area (Å²) >= 11 is 6.45. The molecular formula is C29H33ClO8. The molecule has 0 spiro atoms. The predicted molar refractivity (Wildman–Crippen MR) is 142 cm³/mol. The molecule has 0 saturated carbocycles. The van der Waals surface area contributed by atoms with Crippen LogP contribution < -0.4 is 14.2 Å². The fourth-order valence-electron chi connectivity index (χ4n) is 4.36. The lowest BCUT2D eigenvalue weighted by Crippen LogP contribution is -2.55. The SMILES string of the molecule is CCOc1ccccc1OCCOc1ccc(Cc2cc([C@@H]3O[C@H](CO)[C@@H](O)[C@H](O)[C@H]3O)ccc2Cl)cc1. The molecule has 5 atom stereocenters. The maximum absolute atomic E-state index is 10.5. The summed E-state index contributed by atoms with van der Waals surface area (Å²) in [6.45, 7) is 2.74. The normalized spacial score (nSPS) is 23.2. The second kappa shape index (κ2) is 13.3. The summed E-state index contributed by atoms with van der Waals surface area (Å²) in [5.41, 5.74) is 2.38. The second-order valence-electron chi connectivity index (χ2n) is 9.00. The van der Waals surface area contributed by atoms with Crippen LogP contribution in [0.25, 0.3) is 0 Å². The minimum Gasteiger partial charge on any atom is -0.490 e. The van der Waals surface area contributed by atoms with E-state index in [4.69, 9.17) is 30.5 Å². The lowest BCUT2D eigenvalue weighted by molar-refractivity contribution is -0.231. The number of benzene rings is 3. The Morgan fingerprint density at radius 1 is 0.816 bits per heavy atom. The predicted octanol–water partition coefficient (Wildman–Crippen LogP) is 3.30. The first-order valence-electron chi connectivity index (χ1n) is 12.6. The average molecular weight is 545 g/mol. The lowest BCUT2D eigenvalue weighted by Gasteiger charge is -2.40. The van der Waals surface area contributed by atoms with Gasteiger partial charge in [-0.2, -0.15) is 0 Å². The fraction of sp³-hybridized carbons (Fsp3) is 0.379. The van der Waals surface area contributed by atoms with Crippen LogP contribution in [0.4, 0.5) is 0 Å². The quantitative estimate of drug-likeness (QED) is 0.272. The Bertz CT molecular complexity index is 1170. The van der Waals surface area contributed by atoms with Gasteiger partial charge in [-0.3, -0.25) is 0 Å². The number of hydrogen-bond donors (Lipinski definition) is 4. The summed E-state index contributed by atoms with van der Waals surface area (Å²) in [5, 5.41) is 40.7. The molecule has 4 rings (SSSR count). The van der Waals surface area contributed by atoms with E-state index >= 15 is 0 Å². The van der Waals surface area contributed by atoms with Crippen LogP contribution in [-0.2, 0) is 11.2 Å². The van der Waals surface area contributed by atoms with Crippen molar-refractivity contribution >= 4 is 11.6 Å². The van der Waals surface area contributed by atoms with E-state index in [9.17, 15) is 20.4 Å². The summed E-state index contributed by atoms with van der Waals surface area (Å²) in [7, 11) is 0. The highest BCUT2D eigenvalue weighted by Crippen LogP contribution is 2.34. The Hall–Kier alpha value is -2.85. The van der Waals surface area contributed by atoms with E-state index in [1.165, 1.54) is 0 Å². The van der Waals surface area contributed by atoms with Crippen molar-refractivity contribution < 1.29 is 39.4 Å². The van der Waals surface area contributed by atoms with E-state index in [1.54, 1.807) is 18.2 Å². The van der Waals surface area contributed by atoms with Gasteiger partial charge in [-0.25, -0.2) is 0 Å². The number of para-hydroxylation sites is 2. The van der Waals surface area contributed by atoms with Gasteiger partial charge in [-0.1, -0.05) is 48.0 Å². The summed E-state index contributed by atoms with van der Waals surface area (Å²) in [6.07, 6.45) is -5.58. The van der Waals surface area contributed by atoms with Gasteiger partial charge in [0.15, 0.2) is 11.5 Å². The Balaban J connectivity index is 1.35. The molecule has 0 unspecified atom stereocenters. The lowest BCUT2D eigenvalue weighted by atomic mass is 9.90. The van der Waals surface area contributed by atoms with Crippen LogP contribution in [0, 0.1) is 0 Å². The molecule has 1 heterocycles. The van der Waals surface area contributed by atoms with Crippen LogP contribution in [0.3, 0.4) is 0 Å². The first-order chi connectivity index (χ1) is 18.4. The molecule has 9 heteroatoms. The zero-order chi connectivity index (χ0) is 27.1. The van der Waals surface area contributed by atoms with Crippen molar-refractivity contribution in [3.8, 4) is 17.2 Å². The van der Waals surface area contributed by atoms with E-state index in [1.807, 2.05) is 55.5 Å². The summed E-state index contributed by atoms with van der Waals surface area (Å²) in [6, 6.07) is 20.3. The monoisotopic (exact) mass is 544 g/mol. The molecular weight excluding hydrogens is 512 g/mol. The first-order valence-corrected chi connectivity index (χ1v) is 12.9. The van der Waals surface area contributed by atoms with Gasteiger partial charge in [0.2, 0.25) is 0 Å². The molecule has 38 heavy (non-hydrogen) atoms. The molecule has 0 bridgehead atoms. The van der Waals surface area contributed by atoms with Crippen LogP contribution in [0.5, 0.6) is 17.2 Å². The number of ether oxygens (including phenoxy) is 4. The molecule has 1 saturated heterocycles. The number of aliphatic hydroxyl groups excluding tert-OH is 4. The Kier molecular flexibility index (Phi) is 9.85. The fourth-order valence-corrected chi connectivity index (χ4v) is 4.55. The third-order valence-corrected chi connectivity index (χ3v) is 6.74. The van der Waals surface area contributed by atoms with E-state index in [-0.39, 0.29) is 0 Å². The zero-order valence-corrected chi connectivity index (χ0v) is 21.8. The number of aliphatic hydroxyl groups is 4. The van der Waals surface area contributed by atoms with Gasteiger partial charge in [0.1, 0.15) is 49.5 Å². The van der Waals surface area contributed by atoms with E-state index in [2.05, 4.69) is 0 Å². The standard InChI is InChI=1S/C29H33ClO8/c1-2-35-23-5-3-4-6-24(23)37-14-13-36-21-10-7-18(8-11-21)15-20-16-19(9-12-22(20)30)29-28(34)27(33)26(32)25(17-31)38-29/h3-12,16,25-29,31-34H,2,13-15,17H2,1H3/t25-,26-,27+,28-,29+/m1/s1. The molecule has 3 aromatic carbocycles. The summed E-state index contributed by atoms with van der Waals surface area (Å²) in [5.74, 6) is 2.08. The third kappa shape index (κ3) is 6.77. The van der Waals surface area contributed by atoms with Crippen LogP contribution in [-0.4, -0.2) is 71.3 Å². The average Bonchev–Trinajstić information content (AvgIpc) is 2.93. The highest BCUT2D eigenvalue weighted by molar-refractivity contribution is 6.31. The third-order valence-electron chi connectivity index (χ3n) is 6.37. The molecule has 0 aliphatic carbocycles. The van der Waals surface area contributed by atoms with Crippen molar-refractivity contribution in [3.05, 3.63) is 88.4 Å². The second-order valence-corrected chi connectivity index (χ2v) is 9.40. The van der Waals surface area contributed by atoms with Crippen molar-refractivity contribution in [2.75, 3.05) is 26.4 Å². The van der Waals surface area contributed by atoms with Crippen molar-refractivity contribution in [2.24, 2.45) is 0 Å². The van der Waals surface area contributed by atoms with Gasteiger partial charge in [0.25, 0.3) is 0 Å². The Labute approximate surface area is 226 Å². The van der Waals surface area contributed by atoms with Crippen LogP contribution >= 0.6 is 11.6 Å². The largest absolute Gasteiger partial charge is 0.490 e. The van der Waals surface area contributed by atoms with Gasteiger partial charge in [0, 0.05) is 5.02 Å². The van der Waals surface area contributed by atoms with Crippen LogP contribution in [0.2, 0.25) is 5.02 Å². The van der Waals surface area contributed by atoms with Gasteiger partial charge in [0.05, 0.1) is 13.2 Å².